The molecule has 38 heavy (non-hydrogen) atoms. The average molecular weight is 522 g/mol. The molecule has 2 aromatic heterocycles. The van der Waals surface area contributed by atoms with Crippen LogP contribution >= 0.6 is 0 Å². The van der Waals surface area contributed by atoms with E-state index in [9.17, 15) is 14.4 Å². The molecule has 1 aliphatic rings. The molecule has 3 amide bonds. The molecule has 1 fully saturated rings. The van der Waals surface area contributed by atoms with Gasteiger partial charge in [-0.1, -0.05) is 6.07 Å². The highest BCUT2D eigenvalue weighted by molar-refractivity contribution is 6.00. The molecule has 4 rings (SSSR count). The van der Waals surface area contributed by atoms with E-state index in [0.29, 0.717) is 22.7 Å². The number of methoxy groups -OCH3 is 1. The van der Waals surface area contributed by atoms with Crippen molar-refractivity contribution in [1.82, 2.24) is 35.8 Å². The molecule has 2 heterocycles. The number of ether oxygens (including phenoxy) is 1. The first-order valence-corrected chi connectivity index (χ1v) is 11.6. The molecule has 0 bridgehead atoms. The van der Waals surface area contributed by atoms with Gasteiger partial charge in [0.1, 0.15) is 12.1 Å². The Hall–Kier alpha value is -5.06. The minimum absolute atomic E-state index is 0.0695. The Morgan fingerprint density at radius 1 is 1.26 bits per heavy atom. The van der Waals surface area contributed by atoms with Crippen LogP contribution in [-0.2, 0) is 16.1 Å². The van der Waals surface area contributed by atoms with Gasteiger partial charge in [-0.2, -0.15) is 20.3 Å². The first-order valence-electron chi connectivity index (χ1n) is 13.1. The maximum absolute atomic E-state index is 12.7. The second-order valence-corrected chi connectivity index (χ2v) is 8.23. The highest BCUT2D eigenvalue weighted by Crippen LogP contribution is 2.37. The lowest BCUT2D eigenvalue weighted by atomic mass is 10.1. The molecule has 14 heteroatoms. The molecule has 0 radical (unpaired) electrons. The van der Waals surface area contributed by atoms with Crippen LogP contribution in [-0.4, -0.2) is 63.5 Å². The Bertz CT molecular complexity index is 1500. The number of nitriles is 1. The van der Waals surface area contributed by atoms with Gasteiger partial charge in [-0.3, -0.25) is 14.4 Å². The highest BCUT2D eigenvalue weighted by atomic mass is 16.5. The average Bonchev–Trinajstić information content (AvgIpc) is 3.66. The lowest BCUT2D eigenvalue weighted by molar-refractivity contribution is -0.120. The Balaban J connectivity index is 1.61. The zero-order chi connectivity index (χ0) is 29.6. The number of para-hydroxylation sites is 1. The van der Waals surface area contributed by atoms with Gasteiger partial charge in [-0.15, -0.1) is 10.2 Å². The van der Waals surface area contributed by atoms with Gasteiger partial charge in [0.25, 0.3) is 5.91 Å². The number of anilines is 3. The van der Waals surface area contributed by atoms with Crippen molar-refractivity contribution in [2.45, 2.75) is 25.8 Å². The van der Waals surface area contributed by atoms with E-state index >= 15 is 0 Å². The van der Waals surface area contributed by atoms with Crippen molar-refractivity contribution in [2.75, 3.05) is 31.3 Å². The largest absolute Gasteiger partial charge is 0.494 e. The van der Waals surface area contributed by atoms with Crippen molar-refractivity contribution in [2.24, 2.45) is 5.92 Å². The zero-order valence-electron chi connectivity index (χ0n) is 23.3. The molecular weight excluding hydrogens is 492 g/mol. The second kappa shape index (κ2) is 11.8. The van der Waals surface area contributed by atoms with Crippen LogP contribution in [0.2, 0.25) is 0 Å². The van der Waals surface area contributed by atoms with E-state index in [4.69, 9.17) is 14.1 Å². The standard InChI is InChI=1S/C24H26N10O4/c1-26-24(37)21-17(12-19(31-32-21)30-23(36)14-6-7-14)29-16-5-3-4-15(22(16)38-2)18-13-28-34(33-18)11-10-27-20(35)8-9-25/h3-5,12-14H,6-8,10-11H2,1-2H3,(H,26,37)(H,27,35)(H2,29,30,31,36)/i1D3. The summed E-state index contributed by atoms with van der Waals surface area (Å²) in [6.45, 7) is -2.28. The van der Waals surface area contributed by atoms with Crippen molar-refractivity contribution in [3.8, 4) is 23.1 Å². The van der Waals surface area contributed by atoms with E-state index in [0.717, 1.165) is 12.8 Å². The Morgan fingerprint density at radius 2 is 2.11 bits per heavy atom. The van der Waals surface area contributed by atoms with Gasteiger partial charge >= 0.3 is 0 Å². The zero-order valence-corrected chi connectivity index (χ0v) is 20.3. The van der Waals surface area contributed by atoms with Crippen LogP contribution in [0.5, 0.6) is 5.75 Å². The summed E-state index contributed by atoms with van der Waals surface area (Å²) in [6, 6.07) is 8.25. The molecular formula is C24H26N10O4. The molecule has 0 saturated heterocycles. The molecule has 0 aliphatic heterocycles. The van der Waals surface area contributed by atoms with Gasteiger partial charge in [0.2, 0.25) is 11.8 Å². The molecule has 1 aromatic carbocycles. The molecule has 14 nitrogen and oxygen atoms in total. The number of rotatable bonds is 11. The minimum atomic E-state index is -2.77. The van der Waals surface area contributed by atoms with E-state index in [1.54, 1.807) is 24.3 Å². The molecule has 3 aromatic rings. The number of nitrogens with one attached hydrogen (secondary N) is 4. The van der Waals surface area contributed by atoms with Crippen LogP contribution in [0.25, 0.3) is 11.3 Å². The SMILES string of the molecule is [2H]C([2H])([2H])NC(=O)c1nnc(NC(=O)C2CC2)cc1Nc1cccc(-c2cnn(CCNC(=O)CC#N)n2)c1OC. The van der Waals surface area contributed by atoms with E-state index in [-0.39, 0.29) is 48.5 Å². The predicted octanol–water partition coefficient (Wildman–Crippen LogP) is 1.23. The van der Waals surface area contributed by atoms with Crippen molar-refractivity contribution < 1.29 is 23.2 Å². The Kier molecular flexibility index (Phi) is 6.87. The van der Waals surface area contributed by atoms with Crippen LogP contribution in [0.4, 0.5) is 17.2 Å². The lowest BCUT2D eigenvalue weighted by Gasteiger charge is -2.16. The van der Waals surface area contributed by atoms with Gasteiger partial charge in [-0.25, -0.2) is 0 Å². The Morgan fingerprint density at radius 3 is 2.84 bits per heavy atom. The summed E-state index contributed by atoms with van der Waals surface area (Å²) < 4.78 is 27.8. The van der Waals surface area contributed by atoms with Gasteiger partial charge in [0.05, 0.1) is 37.3 Å². The van der Waals surface area contributed by atoms with Crippen molar-refractivity contribution in [3.05, 3.63) is 36.2 Å². The number of aromatic nitrogens is 5. The van der Waals surface area contributed by atoms with E-state index < -0.39 is 18.8 Å². The summed E-state index contributed by atoms with van der Waals surface area (Å²) in [6.07, 6.45) is 2.81. The van der Waals surface area contributed by atoms with Gasteiger partial charge in [0, 0.05) is 35.2 Å². The summed E-state index contributed by atoms with van der Waals surface area (Å²) in [5.74, 6) is -1.32. The van der Waals surface area contributed by atoms with Gasteiger partial charge in [0.15, 0.2) is 17.3 Å². The van der Waals surface area contributed by atoms with Crippen molar-refractivity contribution >= 4 is 34.9 Å². The maximum Gasteiger partial charge on any atom is 0.273 e. The smallest absolute Gasteiger partial charge is 0.273 e. The summed E-state index contributed by atoms with van der Waals surface area (Å²) in [5.41, 5.74) is 1.11. The summed E-state index contributed by atoms with van der Waals surface area (Å²) in [4.78, 5) is 37.9. The molecule has 0 atom stereocenters. The van der Waals surface area contributed by atoms with Gasteiger partial charge < -0.3 is 26.0 Å². The summed E-state index contributed by atoms with van der Waals surface area (Å²) in [7, 11) is 1.44. The predicted molar refractivity (Wildman–Crippen MR) is 135 cm³/mol. The number of carbonyl (C=O) groups is 3. The van der Waals surface area contributed by atoms with Crippen LogP contribution in [0.3, 0.4) is 0 Å². The third kappa shape index (κ3) is 6.19. The molecule has 0 spiro atoms. The van der Waals surface area contributed by atoms with E-state index in [1.165, 1.54) is 24.2 Å². The molecule has 0 unspecified atom stereocenters. The van der Waals surface area contributed by atoms with Crippen LogP contribution in [0.1, 0.15) is 33.9 Å². The molecule has 1 saturated carbocycles. The fraction of sp³-hybridized carbons (Fsp3) is 0.333. The third-order valence-electron chi connectivity index (χ3n) is 5.50. The Labute approximate surface area is 222 Å². The van der Waals surface area contributed by atoms with Crippen molar-refractivity contribution in [1.29, 1.82) is 5.26 Å². The number of hydrogen-bond donors (Lipinski definition) is 4. The second-order valence-electron chi connectivity index (χ2n) is 8.23. The minimum Gasteiger partial charge on any atom is -0.494 e. The fourth-order valence-electron chi connectivity index (χ4n) is 3.51. The molecule has 196 valence electrons. The fourth-order valence-corrected chi connectivity index (χ4v) is 3.51. The maximum atomic E-state index is 12.7. The van der Waals surface area contributed by atoms with Crippen LogP contribution in [0, 0.1) is 17.2 Å². The van der Waals surface area contributed by atoms with E-state index in [2.05, 4.69) is 36.3 Å². The number of amides is 3. The van der Waals surface area contributed by atoms with Crippen LogP contribution < -0.4 is 26.0 Å². The third-order valence-corrected chi connectivity index (χ3v) is 5.50. The van der Waals surface area contributed by atoms with Crippen molar-refractivity contribution in [3.63, 3.8) is 0 Å². The number of benzene rings is 1. The number of nitrogens with zero attached hydrogens (tertiary/aromatic N) is 6. The highest BCUT2D eigenvalue weighted by Gasteiger charge is 2.30. The lowest BCUT2D eigenvalue weighted by Crippen LogP contribution is -2.27. The topological polar surface area (TPSA) is 189 Å². The van der Waals surface area contributed by atoms with E-state index in [1.807, 2.05) is 5.32 Å². The monoisotopic (exact) mass is 521 g/mol. The molecule has 4 N–H and O–H groups in total. The first-order chi connectivity index (χ1) is 19.6. The first kappa shape index (κ1) is 22.2. The van der Waals surface area contributed by atoms with Crippen LogP contribution in [0.15, 0.2) is 30.5 Å². The summed E-state index contributed by atoms with van der Waals surface area (Å²) >= 11 is 0. The quantitative estimate of drug-likeness (QED) is 0.285. The molecule has 1 aliphatic carbocycles. The normalized spacial score (nSPS) is 13.7. The van der Waals surface area contributed by atoms with Gasteiger partial charge in [-0.05, 0) is 25.0 Å². The summed E-state index contributed by atoms with van der Waals surface area (Å²) in [5, 5.41) is 35.1. The number of hydrogen-bond acceptors (Lipinski definition) is 10. The number of carbonyl (C=O) groups excluding carboxylic acids is 3.